The second-order valence-corrected chi connectivity index (χ2v) is 7.79. The highest BCUT2D eigenvalue weighted by Gasteiger charge is 2.38. The third-order valence-corrected chi connectivity index (χ3v) is 5.75. The molecule has 3 rings (SSSR count). The SMILES string of the molecule is C=C(C)/C(=C\C(=C/C)NC1C2=C(CCN(C(C)=O)C2)N(C)N1C)c1cnn(C)c1. The Labute approximate surface area is 173 Å². The van der Waals surface area contributed by atoms with Gasteiger partial charge >= 0.3 is 0 Å². The van der Waals surface area contributed by atoms with E-state index >= 15 is 0 Å². The van der Waals surface area contributed by atoms with Gasteiger partial charge < -0.3 is 15.2 Å². The highest BCUT2D eigenvalue weighted by molar-refractivity contribution is 5.79. The van der Waals surface area contributed by atoms with Crippen LogP contribution in [0.3, 0.4) is 0 Å². The Kier molecular flexibility index (Phi) is 5.98. The van der Waals surface area contributed by atoms with Crippen molar-refractivity contribution in [2.24, 2.45) is 7.05 Å². The molecule has 1 aromatic rings. The first-order valence-electron chi connectivity index (χ1n) is 9.96. The number of rotatable bonds is 5. The molecular weight excluding hydrogens is 364 g/mol. The zero-order valence-corrected chi connectivity index (χ0v) is 18.4. The fourth-order valence-electron chi connectivity index (χ4n) is 3.96. The van der Waals surface area contributed by atoms with Crippen LogP contribution in [0.5, 0.6) is 0 Å². The van der Waals surface area contributed by atoms with E-state index in [9.17, 15) is 4.79 Å². The van der Waals surface area contributed by atoms with Gasteiger partial charge in [-0.05, 0) is 25.5 Å². The van der Waals surface area contributed by atoms with Crippen molar-refractivity contribution in [1.82, 2.24) is 30.0 Å². The molecule has 1 aromatic heterocycles. The van der Waals surface area contributed by atoms with Crippen molar-refractivity contribution >= 4 is 11.5 Å². The number of hydrogen-bond donors (Lipinski definition) is 1. The normalized spacial score (nSPS) is 21.0. The summed E-state index contributed by atoms with van der Waals surface area (Å²) in [6, 6.07) is 0. The van der Waals surface area contributed by atoms with Crippen LogP contribution in [0.25, 0.3) is 5.57 Å². The molecule has 0 saturated carbocycles. The zero-order chi connectivity index (χ0) is 21.3. The molecule has 0 bridgehead atoms. The molecule has 1 unspecified atom stereocenters. The number of amides is 1. The van der Waals surface area contributed by atoms with Crippen molar-refractivity contribution in [1.29, 1.82) is 0 Å². The molecule has 29 heavy (non-hydrogen) atoms. The fourth-order valence-corrected chi connectivity index (χ4v) is 3.96. The molecule has 2 aliphatic heterocycles. The first kappa shape index (κ1) is 20.9. The van der Waals surface area contributed by atoms with Crippen LogP contribution in [-0.4, -0.2) is 64.0 Å². The van der Waals surface area contributed by atoms with Crippen LogP contribution in [0.15, 0.2) is 53.7 Å². The van der Waals surface area contributed by atoms with Gasteiger partial charge in [0.05, 0.1) is 6.20 Å². The molecular formula is C22H32N6O. The van der Waals surface area contributed by atoms with E-state index in [2.05, 4.69) is 53.3 Å². The molecule has 3 heterocycles. The third kappa shape index (κ3) is 4.15. The largest absolute Gasteiger partial charge is 0.365 e. The molecule has 7 heteroatoms. The van der Waals surface area contributed by atoms with Gasteiger partial charge in [0.2, 0.25) is 5.91 Å². The number of carbonyl (C=O) groups is 1. The summed E-state index contributed by atoms with van der Waals surface area (Å²) in [4.78, 5) is 13.8. The van der Waals surface area contributed by atoms with Gasteiger partial charge in [0, 0.05) is 76.3 Å². The van der Waals surface area contributed by atoms with Crippen LogP contribution >= 0.6 is 0 Å². The van der Waals surface area contributed by atoms with Gasteiger partial charge in [-0.3, -0.25) is 9.48 Å². The van der Waals surface area contributed by atoms with Gasteiger partial charge in [-0.2, -0.15) is 10.1 Å². The predicted molar refractivity (Wildman–Crippen MR) is 116 cm³/mol. The Morgan fingerprint density at radius 1 is 1.31 bits per heavy atom. The summed E-state index contributed by atoms with van der Waals surface area (Å²) in [6.07, 6.45) is 8.92. The summed E-state index contributed by atoms with van der Waals surface area (Å²) in [6.45, 7) is 11.3. The van der Waals surface area contributed by atoms with Crippen molar-refractivity contribution in [3.05, 3.63) is 59.2 Å². The Bertz CT molecular complexity index is 906. The second-order valence-electron chi connectivity index (χ2n) is 7.79. The van der Waals surface area contributed by atoms with Crippen LogP contribution in [0, 0.1) is 0 Å². The molecule has 0 saturated heterocycles. The van der Waals surface area contributed by atoms with E-state index in [1.165, 1.54) is 11.3 Å². The van der Waals surface area contributed by atoms with Gasteiger partial charge in [0.1, 0.15) is 6.17 Å². The molecule has 0 aromatic carbocycles. The van der Waals surface area contributed by atoms with E-state index in [1.807, 2.05) is 38.2 Å². The predicted octanol–water partition coefficient (Wildman–Crippen LogP) is 2.50. The van der Waals surface area contributed by atoms with Crippen LogP contribution in [0.4, 0.5) is 0 Å². The maximum Gasteiger partial charge on any atom is 0.219 e. The minimum atomic E-state index is -0.000121. The van der Waals surface area contributed by atoms with Gasteiger partial charge in [-0.25, -0.2) is 0 Å². The van der Waals surface area contributed by atoms with E-state index in [-0.39, 0.29) is 12.1 Å². The third-order valence-electron chi connectivity index (χ3n) is 5.75. The molecule has 0 radical (unpaired) electrons. The summed E-state index contributed by atoms with van der Waals surface area (Å²) < 4.78 is 1.80. The number of hydrazine groups is 1. The molecule has 2 aliphatic rings. The van der Waals surface area contributed by atoms with E-state index in [0.717, 1.165) is 35.4 Å². The Morgan fingerprint density at radius 3 is 2.59 bits per heavy atom. The fraction of sp³-hybridized carbons (Fsp3) is 0.455. The number of hydrogen-bond acceptors (Lipinski definition) is 5. The first-order chi connectivity index (χ1) is 13.7. The topological polar surface area (TPSA) is 56.6 Å². The highest BCUT2D eigenvalue weighted by atomic mass is 16.2. The Morgan fingerprint density at radius 2 is 2.03 bits per heavy atom. The molecule has 156 valence electrons. The van der Waals surface area contributed by atoms with Crippen molar-refractivity contribution in [3.63, 3.8) is 0 Å². The number of likely N-dealkylation sites (N-methyl/N-ethyl adjacent to an activating group) is 1. The van der Waals surface area contributed by atoms with Crippen molar-refractivity contribution in [2.45, 2.75) is 33.4 Å². The minimum Gasteiger partial charge on any atom is -0.365 e. The first-order valence-corrected chi connectivity index (χ1v) is 9.96. The molecule has 0 aliphatic carbocycles. The number of nitrogens with zero attached hydrogens (tertiary/aromatic N) is 5. The maximum absolute atomic E-state index is 11.9. The summed E-state index contributed by atoms with van der Waals surface area (Å²) in [7, 11) is 6.07. The quantitative estimate of drug-likeness (QED) is 0.775. The minimum absolute atomic E-state index is 0.000121. The van der Waals surface area contributed by atoms with E-state index in [4.69, 9.17) is 0 Å². The molecule has 1 amide bonds. The lowest BCUT2D eigenvalue weighted by molar-refractivity contribution is -0.128. The van der Waals surface area contributed by atoms with Crippen LogP contribution in [0.2, 0.25) is 0 Å². The Balaban J connectivity index is 1.88. The standard InChI is InChI=1S/C22H32N6O/c1-8-18(11-19(15(2)3)17-12-23-25(5)13-17)24-22-20-14-28(16(4)29)10-9-21(20)26(6)27(22)7/h8,11-13,22,24H,2,9-10,14H2,1,3-7H3/b18-8+,19-11+. The molecule has 0 spiro atoms. The molecule has 7 nitrogen and oxygen atoms in total. The van der Waals surface area contributed by atoms with Gasteiger partial charge in [-0.1, -0.05) is 18.2 Å². The van der Waals surface area contributed by atoms with Gasteiger partial charge in [0.15, 0.2) is 0 Å². The lowest BCUT2D eigenvalue weighted by Crippen LogP contribution is -2.46. The van der Waals surface area contributed by atoms with Gasteiger partial charge in [-0.15, -0.1) is 0 Å². The second kappa shape index (κ2) is 8.29. The molecule has 0 fully saturated rings. The van der Waals surface area contributed by atoms with Crippen LogP contribution in [0.1, 0.15) is 32.8 Å². The summed E-state index contributed by atoms with van der Waals surface area (Å²) >= 11 is 0. The lowest BCUT2D eigenvalue weighted by atomic mass is 10.0. The number of aryl methyl sites for hydroxylation is 1. The van der Waals surface area contributed by atoms with Gasteiger partial charge in [0.25, 0.3) is 0 Å². The van der Waals surface area contributed by atoms with E-state index in [0.29, 0.717) is 6.54 Å². The summed E-state index contributed by atoms with van der Waals surface area (Å²) in [5.41, 5.74) is 6.63. The highest BCUT2D eigenvalue weighted by Crippen LogP contribution is 2.32. The average molecular weight is 397 g/mol. The number of aromatic nitrogens is 2. The average Bonchev–Trinajstić information content (AvgIpc) is 3.21. The van der Waals surface area contributed by atoms with E-state index < -0.39 is 0 Å². The Hall–Kier alpha value is -2.80. The maximum atomic E-state index is 11.9. The van der Waals surface area contributed by atoms with Crippen LogP contribution in [-0.2, 0) is 11.8 Å². The molecule has 1 atom stereocenters. The summed E-state index contributed by atoms with van der Waals surface area (Å²) in [5, 5.41) is 12.4. The zero-order valence-electron chi connectivity index (χ0n) is 18.4. The van der Waals surface area contributed by atoms with Crippen molar-refractivity contribution in [2.75, 3.05) is 27.2 Å². The summed E-state index contributed by atoms with van der Waals surface area (Å²) in [5.74, 6) is 0.125. The smallest absolute Gasteiger partial charge is 0.219 e. The molecule has 1 N–H and O–H groups in total. The number of nitrogens with one attached hydrogen (secondary N) is 1. The van der Waals surface area contributed by atoms with Crippen LogP contribution < -0.4 is 5.32 Å². The number of allylic oxidation sites excluding steroid dienone is 4. The monoisotopic (exact) mass is 396 g/mol. The van der Waals surface area contributed by atoms with E-state index in [1.54, 1.807) is 11.6 Å². The number of carbonyl (C=O) groups excluding carboxylic acids is 1. The van der Waals surface area contributed by atoms with Crippen molar-refractivity contribution < 1.29 is 4.79 Å². The van der Waals surface area contributed by atoms with Crippen molar-refractivity contribution in [3.8, 4) is 0 Å². The lowest BCUT2D eigenvalue weighted by Gasteiger charge is -2.30.